The Morgan fingerprint density at radius 1 is 1.26 bits per heavy atom. The van der Waals surface area contributed by atoms with Gasteiger partial charge < -0.3 is 10.6 Å². The fraction of sp³-hybridized carbons (Fsp3) is 0.312. The van der Waals surface area contributed by atoms with Gasteiger partial charge >= 0.3 is 0 Å². The molecular formula is C16H18FN3O2S. The number of halogens is 1. The second kappa shape index (κ2) is 7.32. The van der Waals surface area contributed by atoms with Crippen molar-refractivity contribution in [2.24, 2.45) is 5.92 Å². The number of hydrogen-bond acceptors (Lipinski definition) is 4. The average Bonchev–Trinajstić information content (AvgIpc) is 2.89. The Morgan fingerprint density at radius 3 is 2.52 bits per heavy atom. The summed E-state index contributed by atoms with van der Waals surface area (Å²) in [6, 6.07) is 4.87. The van der Waals surface area contributed by atoms with Crippen LogP contribution in [0.3, 0.4) is 0 Å². The molecule has 122 valence electrons. The van der Waals surface area contributed by atoms with Crippen LogP contribution in [0.15, 0.2) is 30.5 Å². The molecule has 2 amide bonds. The van der Waals surface area contributed by atoms with Crippen LogP contribution in [0.5, 0.6) is 0 Å². The molecule has 1 heterocycles. The van der Waals surface area contributed by atoms with Crippen molar-refractivity contribution in [3.8, 4) is 0 Å². The van der Waals surface area contributed by atoms with E-state index in [0.717, 1.165) is 4.88 Å². The van der Waals surface area contributed by atoms with E-state index in [9.17, 15) is 14.0 Å². The summed E-state index contributed by atoms with van der Waals surface area (Å²) in [4.78, 5) is 29.6. The minimum atomic E-state index is -0.786. The lowest BCUT2D eigenvalue weighted by atomic mass is 10.0. The molecule has 0 aliphatic carbocycles. The third-order valence-electron chi connectivity index (χ3n) is 3.21. The highest BCUT2D eigenvalue weighted by molar-refractivity contribution is 7.15. The minimum absolute atomic E-state index is 0.0870. The Balaban J connectivity index is 2.10. The van der Waals surface area contributed by atoms with E-state index < -0.39 is 17.8 Å². The first kappa shape index (κ1) is 17.1. The highest BCUT2D eigenvalue weighted by Gasteiger charge is 2.26. The number of nitrogens with zero attached hydrogens (tertiary/aromatic N) is 1. The van der Waals surface area contributed by atoms with Gasteiger partial charge in [0.2, 0.25) is 5.91 Å². The topological polar surface area (TPSA) is 71.1 Å². The summed E-state index contributed by atoms with van der Waals surface area (Å²) in [5.74, 6) is -1.78. The highest BCUT2D eigenvalue weighted by atomic mass is 32.1. The van der Waals surface area contributed by atoms with Gasteiger partial charge in [-0.1, -0.05) is 26.0 Å². The first-order valence-corrected chi connectivity index (χ1v) is 7.99. The number of carbonyl (C=O) groups excluding carboxylic acids is 2. The average molecular weight is 335 g/mol. The summed E-state index contributed by atoms with van der Waals surface area (Å²) in [6.07, 6.45) is 1.66. The lowest BCUT2D eigenvalue weighted by Gasteiger charge is -2.21. The SMILES string of the molecule is Cc1cnc(NC(=O)[C@@H](NC(=O)c2ccccc2F)C(C)C)s1. The van der Waals surface area contributed by atoms with Gasteiger partial charge in [0.05, 0.1) is 5.56 Å². The number of nitrogens with one attached hydrogen (secondary N) is 2. The summed E-state index contributed by atoms with van der Waals surface area (Å²) in [5.41, 5.74) is -0.0870. The molecule has 0 aliphatic rings. The zero-order chi connectivity index (χ0) is 17.0. The monoisotopic (exact) mass is 335 g/mol. The number of hydrogen-bond donors (Lipinski definition) is 2. The van der Waals surface area contributed by atoms with Crippen molar-refractivity contribution < 1.29 is 14.0 Å². The molecule has 7 heteroatoms. The normalized spacial score (nSPS) is 12.0. The maximum absolute atomic E-state index is 13.7. The van der Waals surface area contributed by atoms with Crippen LogP contribution in [0.2, 0.25) is 0 Å². The summed E-state index contributed by atoms with van der Waals surface area (Å²) < 4.78 is 13.7. The van der Waals surface area contributed by atoms with Crippen molar-refractivity contribution in [3.05, 3.63) is 46.7 Å². The molecule has 0 spiro atoms. The van der Waals surface area contributed by atoms with Gasteiger partial charge in [-0.25, -0.2) is 9.37 Å². The molecule has 2 rings (SSSR count). The molecule has 23 heavy (non-hydrogen) atoms. The maximum atomic E-state index is 13.7. The molecule has 1 aromatic carbocycles. The molecule has 0 bridgehead atoms. The minimum Gasteiger partial charge on any atom is -0.340 e. The predicted octanol–water partition coefficient (Wildman–Crippen LogP) is 2.98. The second-order valence-electron chi connectivity index (χ2n) is 5.44. The van der Waals surface area contributed by atoms with E-state index in [1.165, 1.54) is 29.5 Å². The second-order valence-corrected chi connectivity index (χ2v) is 6.68. The van der Waals surface area contributed by atoms with Crippen LogP contribution in [0, 0.1) is 18.7 Å². The van der Waals surface area contributed by atoms with Gasteiger partial charge in [-0.15, -0.1) is 11.3 Å². The molecular weight excluding hydrogens is 317 g/mol. The molecule has 2 N–H and O–H groups in total. The zero-order valence-corrected chi connectivity index (χ0v) is 13.9. The molecule has 0 fully saturated rings. The van der Waals surface area contributed by atoms with Gasteiger partial charge in [-0.2, -0.15) is 0 Å². The van der Waals surface area contributed by atoms with Crippen LogP contribution in [-0.2, 0) is 4.79 Å². The summed E-state index contributed by atoms with van der Waals surface area (Å²) in [5, 5.41) is 5.73. The number of anilines is 1. The Bertz CT molecular complexity index is 715. The van der Waals surface area contributed by atoms with Crippen LogP contribution in [0.25, 0.3) is 0 Å². The van der Waals surface area contributed by atoms with Crippen LogP contribution < -0.4 is 10.6 Å². The highest BCUT2D eigenvalue weighted by Crippen LogP contribution is 2.17. The van der Waals surface area contributed by atoms with Crippen molar-refractivity contribution in [2.45, 2.75) is 26.8 Å². The van der Waals surface area contributed by atoms with E-state index in [-0.39, 0.29) is 17.4 Å². The smallest absolute Gasteiger partial charge is 0.254 e. The van der Waals surface area contributed by atoms with E-state index in [4.69, 9.17) is 0 Å². The number of amides is 2. The van der Waals surface area contributed by atoms with Crippen molar-refractivity contribution in [1.82, 2.24) is 10.3 Å². The van der Waals surface area contributed by atoms with Gasteiger partial charge in [-0.3, -0.25) is 9.59 Å². The van der Waals surface area contributed by atoms with Crippen molar-refractivity contribution in [1.29, 1.82) is 0 Å². The van der Waals surface area contributed by atoms with Gasteiger partial charge in [0.25, 0.3) is 5.91 Å². The van der Waals surface area contributed by atoms with Gasteiger partial charge in [-0.05, 0) is 25.0 Å². The number of rotatable bonds is 5. The Labute approximate surface area is 137 Å². The quantitative estimate of drug-likeness (QED) is 0.882. The first-order chi connectivity index (χ1) is 10.9. The van der Waals surface area contributed by atoms with E-state index in [0.29, 0.717) is 5.13 Å². The van der Waals surface area contributed by atoms with Crippen molar-refractivity contribution in [3.63, 3.8) is 0 Å². The molecule has 0 unspecified atom stereocenters. The zero-order valence-electron chi connectivity index (χ0n) is 13.1. The Hall–Kier alpha value is -2.28. The van der Waals surface area contributed by atoms with E-state index in [2.05, 4.69) is 15.6 Å². The summed E-state index contributed by atoms with van der Waals surface area (Å²) in [6.45, 7) is 5.49. The number of aromatic nitrogens is 1. The predicted molar refractivity (Wildman–Crippen MR) is 88.0 cm³/mol. The lowest BCUT2D eigenvalue weighted by molar-refractivity contribution is -0.118. The van der Waals surface area contributed by atoms with Gasteiger partial charge in [0.1, 0.15) is 11.9 Å². The lowest BCUT2D eigenvalue weighted by Crippen LogP contribution is -2.47. The van der Waals surface area contributed by atoms with Gasteiger partial charge in [0.15, 0.2) is 5.13 Å². The van der Waals surface area contributed by atoms with E-state index in [1.807, 2.05) is 6.92 Å². The fourth-order valence-corrected chi connectivity index (χ4v) is 2.66. The molecule has 0 aliphatic heterocycles. The molecule has 1 aromatic heterocycles. The van der Waals surface area contributed by atoms with Crippen LogP contribution >= 0.6 is 11.3 Å². The van der Waals surface area contributed by atoms with Crippen LogP contribution in [0.4, 0.5) is 9.52 Å². The number of aryl methyl sites for hydroxylation is 1. The summed E-state index contributed by atoms with van der Waals surface area (Å²) >= 11 is 1.35. The largest absolute Gasteiger partial charge is 0.340 e. The summed E-state index contributed by atoms with van der Waals surface area (Å²) in [7, 11) is 0. The molecule has 2 aromatic rings. The molecule has 1 atom stereocenters. The van der Waals surface area contributed by atoms with Crippen molar-refractivity contribution in [2.75, 3.05) is 5.32 Å². The number of carbonyl (C=O) groups is 2. The van der Waals surface area contributed by atoms with E-state index >= 15 is 0 Å². The molecule has 0 radical (unpaired) electrons. The van der Waals surface area contributed by atoms with Crippen molar-refractivity contribution >= 4 is 28.3 Å². The molecule has 0 saturated heterocycles. The van der Waals surface area contributed by atoms with Crippen LogP contribution in [-0.4, -0.2) is 22.8 Å². The Kier molecular flexibility index (Phi) is 5.44. The molecule has 0 saturated carbocycles. The number of benzene rings is 1. The van der Waals surface area contributed by atoms with Gasteiger partial charge in [0, 0.05) is 11.1 Å². The third kappa shape index (κ3) is 4.35. The number of thiazole rings is 1. The maximum Gasteiger partial charge on any atom is 0.254 e. The first-order valence-electron chi connectivity index (χ1n) is 7.17. The third-order valence-corrected chi connectivity index (χ3v) is 4.03. The van der Waals surface area contributed by atoms with Crippen LogP contribution in [0.1, 0.15) is 29.1 Å². The standard InChI is InChI=1S/C16H18FN3O2S/c1-9(2)13(15(22)20-16-18-8-10(3)23-16)19-14(21)11-6-4-5-7-12(11)17/h4-9,13H,1-3H3,(H,19,21)(H,18,20,22)/t13-/m0/s1. The van der Waals surface area contributed by atoms with E-state index in [1.54, 1.807) is 26.1 Å². The fourth-order valence-electron chi connectivity index (χ4n) is 1.99. The Morgan fingerprint density at radius 2 is 1.96 bits per heavy atom. The molecule has 5 nitrogen and oxygen atoms in total.